The summed E-state index contributed by atoms with van der Waals surface area (Å²) in [5.74, 6) is -1.58. The van der Waals surface area contributed by atoms with Crippen LogP contribution in [0.2, 0.25) is 0 Å². The molecule has 4 N–H and O–H groups in total. The van der Waals surface area contributed by atoms with Gasteiger partial charge in [0.2, 0.25) is 0 Å². The number of aliphatic hydroxyl groups excluding tert-OH is 2. The van der Waals surface area contributed by atoms with Gasteiger partial charge in [-0.3, -0.25) is 32.5 Å². The maximum absolute atomic E-state index is 12.8. The van der Waals surface area contributed by atoms with Gasteiger partial charge in [-0.2, -0.15) is 0 Å². The highest BCUT2D eigenvalue weighted by Gasteiger charge is 2.29. The molecule has 542 valence electrons. The number of ether oxygens (including phenoxy) is 3. The van der Waals surface area contributed by atoms with Gasteiger partial charge in [-0.1, -0.05) is 293 Å². The second-order valence-corrected chi connectivity index (χ2v) is 28.0. The van der Waals surface area contributed by atoms with Crippen molar-refractivity contribution in [3.8, 4) is 0 Å². The number of aliphatic hydroxyl groups is 2. The number of allylic oxidation sites excluding steroid dienone is 12. The van der Waals surface area contributed by atoms with Crippen molar-refractivity contribution < 1.29 is 75.8 Å². The van der Waals surface area contributed by atoms with E-state index < -0.39 is 91.5 Å². The molecule has 93 heavy (non-hydrogen) atoms. The Kier molecular flexibility index (Phi) is 66.7. The molecule has 0 aromatic carbocycles. The van der Waals surface area contributed by atoms with Gasteiger partial charge in [-0.15, -0.1) is 0 Å². The normalized spacial score (nSPS) is 14.5. The van der Waals surface area contributed by atoms with Crippen LogP contribution in [0.3, 0.4) is 0 Å². The molecule has 18 heteroatoms. The number of phosphoric ester groups is 2. The monoisotopic (exact) mass is 1350 g/mol. The number of carbonyl (C=O) groups excluding carboxylic acids is 3. The van der Waals surface area contributed by atoms with E-state index in [2.05, 4.69) is 93.7 Å². The molecule has 0 bridgehead atoms. The van der Waals surface area contributed by atoms with Crippen LogP contribution in [-0.4, -0.2) is 95.9 Å². The van der Waals surface area contributed by atoms with Gasteiger partial charge < -0.3 is 34.2 Å². The molecule has 0 rings (SSSR count). The maximum Gasteiger partial charge on any atom is 0.472 e. The summed E-state index contributed by atoms with van der Waals surface area (Å²) in [5.41, 5.74) is 0. The highest BCUT2D eigenvalue weighted by atomic mass is 31.2. The molecule has 5 unspecified atom stereocenters. The maximum atomic E-state index is 12.8. The van der Waals surface area contributed by atoms with E-state index in [9.17, 15) is 43.5 Å². The summed E-state index contributed by atoms with van der Waals surface area (Å²) in [6.07, 6.45) is 74.2. The third-order valence-corrected chi connectivity index (χ3v) is 17.8. The number of esters is 3. The topological polar surface area (TPSA) is 231 Å². The molecule has 0 aromatic heterocycles. The first-order chi connectivity index (χ1) is 45.2. The van der Waals surface area contributed by atoms with Crippen molar-refractivity contribution in [1.29, 1.82) is 0 Å². The standard InChI is InChI=1S/C75H136O16P2/c1-4-7-10-13-16-19-22-24-25-26-27-28-29-30-31-32-33-34-35-36-37-38-39-40-41-42-43-45-48-49-52-55-58-61-73(78)85-64-70(76)65-87-92(81,82)88-66-71(77)67-89-93(83,84)90-69-72(91-75(80)63-60-57-54-51-46-21-18-15-12-9-6-3)68-86-74(79)62-59-56-53-50-47-44-23-20-17-14-11-8-5-2/h11,14,16,19-20,23-25,27-28,30-31,70-72,76-77H,4-10,12-13,15,17-18,21-22,26,29,32-69H2,1-3H3,(H,81,82)(H,83,84)/b14-11-,19-16-,23-20-,25-24-,28-27-,31-30-. The molecule has 0 aliphatic carbocycles. The van der Waals surface area contributed by atoms with Crippen molar-refractivity contribution in [2.75, 3.05) is 39.6 Å². The molecular formula is C75H136O16P2. The SMILES string of the molecule is CCC/C=C\C/C=C\CCCCCCCC(=O)OCC(COP(=O)(O)OCC(O)COP(=O)(O)OCC(O)COC(=O)CCCCCCCCCCCCCCCCCCC/C=C\C/C=C\C/C=C\C/C=C\CCCCC)OC(=O)CCCCCCCCCCCCC. The largest absolute Gasteiger partial charge is 0.472 e. The van der Waals surface area contributed by atoms with Crippen molar-refractivity contribution >= 4 is 33.6 Å². The van der Waals surface area contributed by atoms with E-state index in [4.69, 9.17) is 32.3 Å². The average Bonchev–Trinajstić information content (AvgIpc) is 2.33. The van der Waals surface area contributed by atoms with Gasteiger partial charge in [0.1, 0.15) is 25.4 Å². The molecule has 0 saturated heterocycles. The fourth-order valence-corrected chi connectivity index (χ4v) is 11.8. The lowest BCUT2D eigenvalue weighted by atomic mass is 10.0. The van der Waals surface area contributed by atoms with Gasteiger partial charge in [0.05, 0.1) is 26.4 Å². The van der Waals surface area contributed by atoms with Gasteiger partial charge in [0.15, 0.2) is 6.10 Å². The lowest BCUT2D eigenvalue weighted by molar-refractivity contribution is -0.161. The van der Waals surface area contributed by atoms with Crippen LogP contribution in [0.25, 0.3) is 0 Å². The first kappa shape index (κ1) is 90.0. The first-order valence-electron chi connectivity index (χ1n) is 37.2. The summed E-state index contributed by atoms with van der Waals surface area (Å²) in [6, 6.07) is 0. The molecule has 0 fully saturated rings. The Hall–Kier alpha value is -3.01. The Morgan fingerprint density at radius 2 is 0.559 bits per heavy atom. The number of carbonyl (C=O) groups is 3. The number of unbranched alkanes of at least 4 members (excludes halogenated alkanes) is 36. The fraction of sp³-hybridized carbons (Fsp3) is 0.800. The van der Waals surface area contributed by atoms with Crippen LogP contribution in [0.4, 0.5) is 0 Å². The van der Waals surface area contributed by atoms with Crippen molar-refractivity contribution in [2.24, 2.45) is 0 Å². The number of rotatable bonds is 71. The lowest BCUT2D eigenvalue weighted by Gasteiger charge is -2.21. The van der Waals surface area contributed by atoms with Crippen LogP contribution in [0.5, 0.6) is 0 Å². The van der Waals surface area contributed by atoms with Crippen LogP contribution < -0.4 is 0 Å². The predicted molar refractivity (Wildman–Crippen MR) is 381 cm³/mol. The first-order valence-corrected chi connectivity index (χ1v) is 40.2. The Balaban J connectivity index is 4.28. The highest BCUT2D eigenvalue weighted by Crippen LogP contribution is 2.45. The van der Waals surface area contributed by atoms with Crippen LogP contribution in [-0.2, 0) is 55.8 Å². The molecule has 0 aliphatic rings. The lowest BCUT2D eigenvalue weighted by Crippen LogP contribution is -2.30. The Labute approximate surface area is 566 Å². The Bertz CT molecular complexity index is 1990. The van der Waals surface area contributed by atoms with Gasteiger partial charge in [-0.05, 0) is 89.9 Å². The van der Waals surface area contributed by atoms with Crippen LogP contribution in [0.15, 0.2) is 72.9 Å². The summed E-state index contributed by atoms with van der Waals surface area (Å²) in [6.45, 7) is 2.58. The molecule has 0 aromatic rings. The number of phosphoric acid groups is 2. The van der Waals surface area contributed by atoms with Crippen molar-refractivity contribution in [1.82, 2.24) is 0 Å². The molecule has 0 saturated carbocycles. The van der Waals surface area contributed by atoms with E-state index in [0.29, 0.717) is 19.3 Å². The smallest absolute Gasteiger partial charge is 0.463 e. The van der Waals surface area contributed by atoms with Crippen LogP contribution in [0.1, 0.15) is 329 Å². The van der Waals surface area contributed by atoms with Crippen molar-refractivity contribution in [2.45, 2.75) is 347 Å². The Morgan fingerprint density at radius 1 is 0.301 bits per heavy atom. The predicted octanol–water partition coefficient (Wildman–Crippen LogP) is 21.1. The molecular weight excluding hydrogens is 1220 g/mol. The average molecular weight is 1360 g/mol. The molecule has 5 atom stereocenters. The summed E-state index contributed by atoms with van der Waals surface area (Å²) in [7, 11) is -9.76. The van der Waals surface area contributed by atoms with Gasteiger partial charge >= 0.3 is 33.6 Å². The molecule has 0 radical (unpaired) electrons. The minimum atomic E-state index is -4.91. The minimum Gasteiger partial charge on any atom is -0.463 e. The number of hydrogen-bond acceptors (Lipinski definition) is 14. The summed E-state index contributed by atoms with van der Waals surface area (Å²) in [4.78, 5) is 58.3. The molecule has 0 spiro atoms. The van der Waals surface area contributed by atoms with Crippen LogP contribution in [0, 0.1) is 0 Å². The van der Waals surface area contributed by atoms with E-state index in [-0.39, 0.29) is 19.3 Å². The summed E-state index contributed by atoms with van der Waals surface area (Å²) in [5, 5.41) is 20.6. The number of hydrogen-bond donors (Lipinski definition) is 4. The van der Waals surface area contributed by atoms with Crippen molar-refractivity contribution in [3.63, 3.8) is 0 Å². The minimum absolute atomic E-state index is 0.106. The second-order valence-electron chi connectivity index (χ2n) is 25.1. The van der Waals surface area contributed by atoms with Gasteiger partial charge in [0.25, 0.3) is 0 Å². The molecule has 0 amide bonds. The van der Waals surface area contributed by atoms with Gasteiger partial charge in [0, 0.05) is 19.3 Å². The van der Waals surface area contributed by atoms with E-state index in [1.165, 1.54) is 154 Å². The quantitative estimate of drug-likeness (QED) is 0.0146. The zero-order valence-corrected chi connectivity index (χ0v) is 60.7. The Morgan fingerprint density at radius 3 is 0.914 bits per heavy atom. The third-order valence-electron chi connectivity index (χ3n) is 15.9. The van der Waals surface area contributed by atoms with Crippen LogP contribution >= 0.6 is 15.6 Å². The van der Waals surface area contributed by atoms with E-state index >= 15 is 0 Å². The van der Waals surface area contributed by atoms with E-state index in [1.54, 1.807) is 0 Å². The molecule has 0 aliphatic heterocycles. The zero-order chi connectivity index (χ0) is 68.1. The van der Waals surface area contributed by atoms with Gasteiger partial charge in [-0.25, -0.2) is 9.13 Å². The summed E-state index contributed by atoms with van der Waals surface area (Å²) < 4.78 is 60.8. The molecule has 16 nitrogen and oxygen atoms in total. The third kappa shape index (κ3) is 70.1. The van der Waals surface area contributed by atoms with E-state index in [0.717, 1.165) is 116 Å². The van der Waals surface area contributed by atoms with E-state index in [1.807, 2.05) is 0 Å². The zero-order valence-electron chi connectivity index (χ0n) is 58.9. The van der Waals surface area contributed by atoms with Crippen molar-refractivity contribution in [3.05, 3.63) is 72.9 Å². The second kappa shape index (κ2) is 68.9. The highest BCUT2D eigenvalue weighted by molar-refractivity contribution is 7.47. The molecule has 0 heterocycles. The summed E-state index contributed by atoms with van der Waals surface area (Å²) >= 11 is 0. The fourth-order valence-electron chi connectivity index (χ4n) is 10.2.